The lowest BCUT2D eigenvalue weighted by Gasteiger charge is -2.21. The van der Waals surface area contributed by atoms with E-state index >= 15 is 0 Å². The normalized spacial score (nSPS) is 10.4. The average Bonchev–Trinajstić information content (AvgIpc) is 2.17. The molecule has 0 radical (unpaired) electrons. The van der Waals surface area contributed by atoms with Crippen molar-refractivity contribution in [1.82, 2.24) is 0 Å². The summed E-state index contributed by atoms with van der Waals surface area (Å²) >= 11 is 0. The summed E-state index contributed by atoms with van der Waals surface area (Å²) in [6.45, 7) is 5.57. The van der Waals surface area contributed by atoms with E-state index in [1.165, 1.54) is 5.69 Å². The van der Waals surface area contributed by atoms with Crippen molar-refractivity contribution < 1.29 is 0 Å². The van der Waals surface area contributed by atoms with Gasteiger partial charge in [-0.2, -0.15) is 0 Å². The molecule has 0 fully saturated rings. The second-order valence-electron chi connectivity index (χ2n) is 4.07. The Morgan fingerprint density at radius 2 is 1.79 bits per heavy atom. The van der Waals surface area contributed by atoms with E-state index in [-0.39, 0.29) is 0 Å². The van der Waals surface area contributed by atoms with Gasteiger partial charge in [-0.25, -0.2) is 0 Å². The molecule has 0 spiro atoms. The third-order valence-electron chi connectivity index (χ3n) is 2.24. The highest BCUT2D eigenvalue weighted by atomic mass is 15.1. The maximum Gasteiger partial charge on any atom is 0.0365 e. The number of nitrogens with one attached hydrogen (secondary N) is 1. The van der Waals surface area contributed by atoms with Crippen LogP contribution < -0.4 is 10.2 Å². The van der Waals surface area contributed by atoms with Crippen LogP contribution in [0.3, 0.4) is 0 Å². The molecule has 1 rings (SSSR count). The van der Waals surface area contributed by atoms with Crippen molar-refractivity contribution in [3.05, 3.63) is 24.3 Å². The highest BCUT2D eigenvalue weighted by Gasteiger charge is 2.02. The van der Waals surface area contributed by atoms with Crippen LogP contribution in [-0.2, 0) is 0 Å². The Balaban J connectivity index is 2.66. The number of hydrogen-bond donors (Lipinski definition) is 1. The molecule has 1 aromatic carbocycles. The molecule has 14 heavy (non-hydrogen) atoms. The van der Waals surface area contributed by atoms with E-state index in [2.05, 4.69) is 55.4 Å². The van der Waals surface area contributed by atoms with Gasteiger partial charge < -0.3 is 10.2 Å². The van der Waals surface area contributed by atoms with Gasteiger partial charge in [0.25, 0.3) is 0 Å². The standard InChI is InChI=1S/C12H20N2/c1-10(2)9-14(4)12-7-5-11(13-3)6-8-12/h5-8,10,13H,9H2,1-4H3. The molecule has 0 amide bonds. The Morgan fingerprint density at radius 1 is 1.21 bits per heavy atom. The number of nitrogens with zero attached hydrogens (tertiary/aromatic N) is 1. The Kier molecular flexibility index (Phi) is 3.81. The van der Waals surface area contributed by atoms with E-state index in [4.69, 9.17) is 0 Å². The van der Waals surface area contributed by atoms with Gasteiger partial charge in [0.2, 0.25) is 0 Å². The van der Waals surface area contributed by atoms with Crippen LogP contribution in [-0.4, -0.2) is 20.6 Å². The molecule has 2 nitrogen and oxygen atoms in total. The van der Waals surface area contributed by atoms with Gasteiger partial charge in [-0.05, 0) is 30.2 Å². The lowest BCUT2D eigenvalue weighted by atomic mass is 10.2. The minimum absolute atomic E-state index is 0.698. The lowest BCUT2D eigenvalue weighted by molar-refractivity contribution is 0.638. The van der Waals surface area contributed by atoms with Crippen molar-refractivity contribution in [3.63, 3.8) is 0 Å². The first-order valence-electron chi connectivity index (χ1n) is 5.12. The molecule has 0 saturated carbocycles. The van der Waals surface area contributed by atoms with Crippen LogP contribution in [0.5, 0.6) is 0 Å². The molecule has 0 saturated heterocycles. The van der Waals surface area contributed by atoms with Crippen LogP contribution in [0.4, 0.5) is 11.4 Å². The van der Waals surface area contributed by atoms with Gasteiger partial charge in [0.05, 0.1) is 0 Å². The number of benzene rings is 1. The number of anilines is 2. The average molecular weight is 192 g/mol. The van der Waals surface area contributed by atoms with Crippen LogP contribution in [0.15, 0.2) is 24.3 Å². The van der Waals surface area contributed by atoms with Gasteiger partial charge in [-0.1, -0.05) is 13.8 Å². The molecular formula is C12H20N2. The highest BCUT2D eigenvalue weighted by molar-refractivity contribution is 5.54. The van der Waals surface area contributed by atoms with Crippen LogP contribution >= 0.6 is 0 Å². The lowest BCUT2D eigenvalue weighted by Crippen LogP contribution is -2.22. The quantitative estimate of drug-likeness (QED) is 0.789. The minimum Gasteiger partial charge on any atom is -0.388 e. The van der Waals surface area contributed by atoms with Gasteiger partial charge in [0, 0.05) is 32.0 Å². The zero-order valence-electron chi connectivity index (χ0n) is 9.54. The SMILES string of the molecule is CNc1ccc(N(C)CC(C)C)cc1. The summed E-state index contributed by atoms with van der Waals surface area (Å²) in [4.78, 5) is 2.28. The van der Waals surface area contributed by atoms with Crippen molar-refractivity contribution in [3.8, 4) is 0 Å². The van der Waals surface area contributed by atoms with Crippen LogP contribution in [0.2, 0.25) is 0 Å². The summed E-state index contributed by atoms with van der Waals surface area (Å²) in [5.41, 5.74) is 2.43. The maximum atomic E-state index is 3.12. The molecule has 0 aromatic heterocycles. The van der Waals surface area contributed by atoms with E-state index < -0.39 is 0 Å². The van der Waals surface area contributed by atoms with Crippen molar-refractivity contribution in [2.75, 3.05) is 30.9 Å². The van der Waals surface area contributed by atoms with Gasteiger partial charge in [-0.3, -0.25) is 0 Å². The molecule has 1 N–H and O–H groups in total. The molecular weight excluding hydrogens is 172 g/mol. The molecule has 0 atom stereocenters. The summed E-state index contributed by atoms with van der Waals surface area (Å²) in [6.07, 6.45) is 0. The molecule has 0 aliphatic rings. The maximum absolute atomic E-state index is 3.12. The van der Waals surface area contributed by atoms with Crippen molar-refractivity contribution in [2.45, 2.75) is 13.8 Å². The topological polar surface area (TPSA) is 15.3 Å². The summed E-state index contributed by atoms with van der Waals surface area (Å²) in [5, 5.41) is 3.12. The van der Waals surface area contributed by atoms with E-state index in [1.807, 2.05) is 7.05 Å². The molecule has 1 aromatic rings. The summed E-state index contributed by atoms with van der Waals surface area (Å²) in [7, 11) is 4.07. The second-order valence-corrected chi connectivity index (χ2v) is 4.07. The molecule has 78 valence electrons. The summed E-state index contributed by atoms with van der Waals surface area (Å²) in [6, 6.07) is 8.50. The van der Waals surface area contributed by atoms with Gasteiger partial charge in [0.1, 0.15) is 0 Å². The first-order chi connectivity index (χ1) is 6.63. The Hall–Kier alpha value is -1.18. The van der Waals surface area contributed by atoms with Gasteiger partial charge in [0.15, 0.2) is 0 Å². The van der Waals surface area contributed by atoms with Gasteiger partial charge in [-0.15, -0.1) is 0 Å². The fraction of sp³-hybridized carbons (Fsp3) is 0.500. The molecule has 0 heterocycles. The number of hydrogen-bond acceptors (Lipinski definition) is 2. The van der Waals surface area contributed by atoms with Crippen molar-refractivity contribution >= 4 is 11.4 Å². The predicted molar refractivity (Wildman–Crippen MR) is 64.1 cm³/mol. The Labute approximate surface area is 86.9 Å². The first-order valence-corrected chi connectivity index (χ1v) is 5.12. The summed E-state index contributed by atoms with van der Waals surface area (Å²) in [5.74, 6) is 0.698. The number of rotatable bonds is 4. The summed E-state index contributed by atoms with van der Waals surface area (Å²) < 4.78 is 0. The predicted octanol–water partition coefficient (Wildman–Crippen LogP) is 2.82. The molecule has 2 heteroatoms. The Bertz CT molecular complexity index is 264. The minimum atomic E-state index is 0.698. The van der Waals surface area contributed by atoms with Crippen LogP contribution in [0.25, 0.3) is 0 Å². The second kappa shape index (κ2) is 4.89. The molecule has 0 bridgehead atoms. The Morgan fingerprint density at radius 3 is 2.21 bits per heavy atom. The van der Waals surface area contributed by atoms with Crippen LogP contribution in [0, 0.1) is 5.92 Å². The third kappa shape index (κ3) is 2.95. The fourth-order valence-electron chi connectivity index (χ4n) is 1.54. The molecule has 0 aliphatic heterocycles. The van der Waals surface area contributed by atoms with Crippen molar-refractivity contribution in [1.29, 1.82) is 0 Å². The van der Waals surface area contributed by atoms with E-state index in [0.717, 1.165) is 12.2 Å². The molecule has 0 unspecified atom stereocenters. The van der Waals surface area contributed by atoms with E-state index in [1.54, 1.807) is 0 Å². The monoisotopic (exact) mass is 192 g/mol. The van der Waals surface area contributed by atoms with E-state index in [0.29, 0.717) is 5.92 Å². The smallest absolute Gasteiger partial charge is 0.0365 e. The third-order valence-corrected chi connectivity index (χ3v) is 2.24. The first kappa shape index (κ1) is 10.9. The zero-order chi connectivity index (χ0) is 10.6. The van der Waals surface area contributed by atoms with E-state index in [9.17, 15) is 0 Å². The van der Waals surface area contributed by atoms with Crippen molar-refractivity contribution in [2.24, 2.45) is 5.92 Å². The molecule has 0 aliphatic carbocycles. The van der Waals surface area contributed by atoms with Gasteiger partial charge >= 0.3 is 0 Å². The fourth-order valence-corrected chi connectivity index (χ4v) is 1.54. The van der Waals surface area contributed by atoms with Crippen LogP contribution in [0.1, 0.15) is 13.8 Å². The zero-order valence-corrected chi connectivity index (χ0v) is 9.54. The largest absolute Gasteiger partial charge is 0.388 e. The highest BCUT2D eigenvalue weighted by Crippen LogP contribution is 2.17.